The van der Waals surface area contributed by atoms with Crippen molar-refractivity contribution < 1.29 is 0 Å². The summed E-state index contributed by atoms with van der Waals surface area (Å²) in [6.45, 7) is 13.6. The Labute approximate surface area is 267 Å². The largest absolute Gasteiger partial charge is 0.125 e. The molecule has 9 unspecified atom stereocenters. The van der Waals surface area contributed by atoms with E-state index < -0.39 is 8.07 Å². The minimum Gasteiger partial charge on any atom is -0.103 e. The highest BCUT2D eigenvalue weighted by molar-refractivity contribution is 7.04. The molecule has 0 aromatic heterocycles. The zero-order valence-electron chi connectivity index (χ0n) is 27.1. The average molecular weight is 595 g/mol. The van der Waals surface area contributed by atoms with Gasteiger partial charge in [-0.1, -0.05) is 164 Å². The third kappa shape index (κ3) is 4.78. The molecule has 1 heteroatoms. The second-order valence-corrected chi connectivity index (χ2v) is 19.6. The number of rotatable bonds is 7. The van der Waals surface area contributed by atoms with Crippen LogP contribution in [0, 0.1) is 46.8 Å². The van der Waals surface area contributed by atoms with E-state index in [9.17, 15) is 0 Å². The highest BCUT2D eigenvalue weighted by Gasteiger charge is 2.64. The molecule has 2 aromatic rings. The molecular formula is C43H50Si. The molecule has 5 aliphatic carbocycles. The van der Waals surface area contributed by atoms with Crippen LogP contribution in [0.1, 0.15) is 47.0 Å². The molecule has 0 spiro atoms. The van der Waals surface area contributed by atoms with Gasteiger partial charge in [0.05, 0.1) is 0 Å². The van der Waals surface area contributed by atoms with Crippen molar-refractivity contribution in [3.8, 4) is 0 Å². The van der Waals surface area contributed by atoms with Crippen LogP contribution in [-0.4, -0.2) is 8.07 Å². The van der Waals surface area contributed by atoms with Gasteiger partial charge in [-0.05, 0) is 89.7 Å². The van der Waals surface area contributed by atoms with E-state index in [0.29, 0.717) is 52.5 Å². The lowest BCUT2D eigenvalue weighted by Crippen LogP contribution is -2.67. The Bertz CT molecular complexity index is 1500. The SMILES string of the molecule is C=CCCC1CC([Si](c2ccccc2)(c2ccccc2)C2C3C=C(C)C=CC3C3C=CC(C(C)(C)C)=CC32)C2C=CC=CC12. The molecule has 0 aliphatic heterocycles. The van der Waals surface area contributed by atoms with Gasteiger partial charge < -0.3 is 0 Å². The first-order chi connectivity index (χ1) is 21.3. The Hall–Kier alpha value is -3.16. The van der Waals surface area contributed by atoms with E-state index in [2.05, 4.69) is 162 Å². The van der Waals surface area contributed by atoms with Crippen molar-refractivity contribution in [2.24, 2.45) is 46.8 Å². The first-order valence-electron chi connectivity index (χ1n) is 17.2. The van der Waals surface area contributed by atoms with Gasteiger partial charge in [-0.25, -0.2) is 0 Å². The van der Waals surface area contributed by atoms with Crippen molar-refractivity contribution in [2.45, 2.75) is 58.0 Å². The number of hydrogen-bond acceptors (Lipinski definition) is 0. The standard InChI is InChI=1S/C43H50Si/c1-6-7-16-31-28-41(38-22-15-14-21-35(31)38)44(33-17-10-8-11-18-33,34-19-12-9-13-20-34)42-39-27-30(2)23-25-36(39)37-26-24-32(29-40(37)42)43(3,4)5/h6,8-15,17-27,29,31,35-42H,1,7,16,28H2,2-5H3. The van der Waals surface area contributed by atoms with Crippen molar-refractivity contribution in [3.05, 3.63) is 145 Å². The number of benzene rings is 2. The van der Waals surface area contributed by atoms with Crippen molar-refractivity contribution >= 4 is 18.4 Å². The summed E-state index contributed by atoms with van der Waals surface area (Å²) in [5, 5.41) is 3.29. The van der Waals surface area contributed by atoms with Gasteiger partial charge in [-0.3, -0.25) is 0 Å². The first-order valence-corrected chi connectivity index (χ1v) is 19.3. The smallest absolute Gasteiger partial charge is 0.103 e. The highest BCUT2D eigenvalue weighted by Crippen LogP contribution is 2.65. The van der Waals surface area contributed by atoms with Gasteiger partial charge in [-0.15, -0.1) is 6.58 Å². The summed E-state index contributed by atoms with van der Waals surface area (Å²) in [5.41, 5.74) is 4.31. The predicted molar refractivity (Wildman–Crippen MR) is 192 cm³/mol. The summed E-state index contributed by atoms with van der Waals surface area (Å²) >= 11 is 0. The molecule has 5 aliphatic rings. The van der Waals surface area contributed by atoms with Crippen molar-refractivity contribution in [1.29, 1.82) is 0 Å². The molecule has 44 heavy (non-hydrogen) atoms. The minimum absolute atomic E-state index is 0.135. The molecule has 0 saturated heterocycles. The second kappa shape index (κ2) is 11.6. The fraction of sp³-hybridized carbons (Fsp3) is 0.395. The summed E-state index contributed by atoms with van der Waals surface area (Å²) in [6, 6.07) is 24.0. The van der Waals surface area contributed by atoms with E-state index >= 15 is 0 Å². The summed E-state index contributed by atoms with van der Waals surface area (Å²) in [6.07, 6.45) is 31.3. The van der Waals surface area contributed by atoms with Crippen molar-refractivity contribution in [1.82, 2.24) is 0 Å². The Balaban J connectivity index is 1.52. The van der Waals surface area contributed by atoms with Crippen LogP contribution >= 0.6 is 0 Å². The van der Waals surface area contributed by atoms with E-state index in [1.54, 1.807) is 10.4 Å². The number of fused-ring (bicyclic) bond motifs is 4. The van der Waals surface area contributed by atoms with Crippen LogP contribution in [0.4, 0.5) is 0 Å². The van der Waals surface area contributed by atoms with Gasteiger partial charge in [0.15, 0.2) is 0 Å². The first kappa shape index (κ1) is 29.5. The molecule has 2 saturated carbocycles. The van der Waals surface area contributed by atoms with Gasteiger partial charge in [0.1, 0.15) is 8.07 Å². The lowest BCUT2D eigenvalue weighted by Gasteiger charge is -2.50. The van der Waals surface area contributed by atoms with E-state index in [1.165, 1.54) is 24.0 Å². The Kier molecular flexibility index (Phi) is 7.82. The van der Waals surface area contributed by atoms with Gasteiger partial charge in [0.2, 0.25) is 0 Å². The zero-order valence-corrected chi connectivity index (χ0v) is 28.1. The monoisotopic (exact) mass is 594 g/mol. The summed E-state index contributed by atoms with van der Waals surface area (Å²) < 4.78 is 0. The van der Waals surface area contributed by atoms with Crippen LogP contribution in [0.5, 0.6) is 0 Å². The molecule has 0 bridgehead atoms. The lowest BCUT2D eigenvalue weighted by atomic mass is 9.76. The van der Waals surface area contributed by atoms with Crippen molar-refractivity contribution in [3.63, 3.8) is 0 Å². The maximum atomic E-state index is 4.13. The highest BCUT2D eigenvalue weighted by atomic mass is 28.3. The fourth-order valence-electron chi connectivity index (χ4n) is 10.3. The molecule has 0 heterocycles. The van der Waals surface area contributed by atoms with E-state index in [0.717, 1.165) is 6.42 Å². The maximum absolute atomic E-state index is 4.13. The number of hydrogen-bond donors (Lipinski definition) is 0. The quantitative estimate of drug-likeness (QED) is 0.221. The van der Waals surface area contributed by atoms with Gasteiger partial charge >= 0.3 is 0 Å². The van der Waals surface area contributed by atoms with Crippen LogP contribution in [0.3, 0.4) is 0 Å². The van der Waals surface area contributed by atoms with E-state index in [4.69, 9.17) is 0 Å². The molecule has 0 N–H and O–H groups in total. The van der Waals surface area contributed by atoms with Crippen LogP contribution in [0.2, 0.25) is 11.1 Å². The van der Waals surface area contributed by atoms with E-state index in [1.807, 2.05) is 0 Å². The fourth-order valence-corrected chi connectivity index (χ4v) is 17.7. The minimum atomic E-state index is -2.47. The van der Waals surface area contributed by atoms with Crippen LogP contribution in [0.25, 0.3) is 0 Å². The normalized spacial score (nSPS) is 33.8. The molecule has 226 valence electrons. The Morgan fingerprint density at radius 1 is 0.727 bits per heavy atom. The molecule has 0 nitrogen and oxygen atoms in total. The summed E-state index contributed by atoms with van der Waals surface area (Å²) in [5.74, 6) is 4.06. The molecule has 7 rings (SSSR count). The third-order valence-corrected chi connectivity index (χ3v) is 18.3. The summed E-state index contributed by atoms with van der Waals surface area (Å²) in [4.78, 5) is 0. The van der Waals surface area contributed by atoms with Gasteiger partial charge in [-0.2, -0.15) is 0 Å². The second-order valence-electron chi connectivity index (χ2n) is 15.3. The topological polar surface area (TPSA) is 0 Å². The zero-order chi connectivity index (χ0) is 30.5. The Morgan fingerprint density at radius 2 is 1.32 bits per heavy atom. The van der Waals surface area contributed by atoms with Gasteiger partial charge in [0, 0.05) is 0 Å². The third-order valence-electron chi connectivity index (χ3n) is 12.1. The molecule has 0 radical (unpaired) electrons. The van der Waals surface area contributed by atoms with Crippen LogP contribution in [-0.2, 0) is 0 Å². The number of allylic oxidation sites excluding steroid dienone is 13. The van der Waals surface area contributed by atoms with Gasteiger partial charge in [0.25, 0.3) is 0 Å². The van der Waals surface area contributed by atoms with E-state index in [-0.39, 0.29) is 5.41 Å². The van der Waals surface area contributed by atoms with Crippen LogP contribution in [0.15, 0.2) is 145 Å². The average Bonchev–Trinajstić information content (AvgIpc) is 3.57. The summed E-state index contributed by atoms with van der Waals surface area (Å²) in [7, 11) is -2.47. The van der Waals surface area contributed by atoms with Crippen LogP contribution < -0.4 is 10.4 Å². The predicted octanol–water partition coefficient (Wildman–Crippen LogP) is 9.87. The lowest BCUT2D eigenvalue weighted by molar-refractivity contribution is 0.396. The molecule has 2 fully saturated rings. The molecule has 9 atom stereocenters. The Morgan fingerprint density at radius 3 is 1.93 bits per heavy atom. The molecule has 2 aromatic carbocycles. The maximum Gasteiger partial charge on any atom is 0.125 e. The van der Waals surface area contributed by atoms with Crippen molar-refractivity contribution in [2.75, 3.05) is 0 Å². The molecule has 0 amide bonds. The molecular weight excluding hydrogens is 545 g/mol.